The Labute approximate surface area is 104 Å². The van der Waals surface area contributed by atoms with Crippen molar-refractivity contribution in [2.75, 3.05) is 11.9 Å². The van der Waals surface area contributed by atoms with Crippen molar-refractivity contribution in [1.29, 1.82) is 0 Å². The minimum absolute atomic E-state index is 0.00934. The Hall–Kier alpha value is -1.22. The van der Waals surface area contributed by atoms with Crippen LogP contribution in [-0.4, -0.2) is 23.4 Å². The third-order valence-electron chi connectivity index (χ3n) is 2.77. The van der Waals surface area contributed by atoms with Gasteiger partial charge in [0.25, 0.3) is 0 Å². The quantitative estimate of drug-likeness (QED) is 0.799. The first-order valence-corrected chi connectivity index (χ1v) is 6.15. The Morgan fingerprint density at radius 3 is 2.35 bits per heavy atom. The van der Waals surface area contributed by atoms with Crippen LogP contribution in [0.5, 0.6) is 5.75 Å². The van der Waals surface area contributed by atoms with Crippen molar-refractivity contribution < 1.29 is 9.84 Å². The molecule has 1 rings (SSSR count). The lowest BCUT2D eigenvalue weighted by atomic mass is 10.0. The summed E-state index contributed by atoms with van der Waals surface area (Å²) in [4.78, 5) is 0. The first kappa shape index (κ1) is 13.8. The molecule has 0 spiro atoms. The maximum atomic E-state index is 9.83. The molecule has 17 heavy (non-hydrogen) atoms. The van der Waals surface area contributed by atoms with Crippen molar-refractivity contribution in [3.8, 4) is 5.75 Å². The predicted octanol–water partition coefficient (Wildman–Crippen LogP) is 3.05. The Morgan fingerprint density at radius 2 is 1.88 bits per heavy atom. The molecule has 0 aromatic heterocycles. The van der Waals surface area contributed by atoms with Gasteiger partial charge in [-0.1, -0.05) is 6.92 Å². The number of hydrogen-bond acceptors (Lipinski definition) is 3. The van der Waals surface area contributed by atoms with Gasteiger partial charge in [-0.3, -0.25) is 0 Å². The minimum atomic E-state index is -0.739. The zero-order valence-electron chi connectivity index (χ0n) is 11.2. The molecule has 0 heterocycles. The molecular formula is C14H23NO2. The van der Waals surface area contributed by atoms with Crippen molar-refractivity contribution in [1.82, 2.24) is 0 Å². The highest BCUT2D eigenvalue weighted by atomic mass is 16.5. The second-order valence-electron chi connectivity index (χ2n) is 4.89. The standard InChI is InChI=1S/C14H23NO2/c1-5-10-17-13-8-6-12(7-9-13)15-11(2)14(3,4)16/h6-9,11,15-16H,5,10H2,1-4H3. The molecular weight excluding hydrogens is 214 g/mol. The third-order valence-corrected chi connectivity index (χ3v) is 2.77. The summed E-state index contributed by atoms with van der Waals surface area (Å²) in [5, 5.41) is 13.1. The Balaban J connectivity index is 2.56. The minimum Gasteiger partial charge on any atom is -0.494 e. The average Bonchev–Trinajstić information content (AvgIpc) is 2.27. The monoisotopic (exact) mass is 237 g/mol. The first-order chi connectivity index (χ1) is 7.93. The molecule has 3 nitrogen and oxygen atoms in total. The topological polar surface area (TPSA) is 41.5 Å². The molecule has 0 aliphatic carbocycles. The number of rotatable bonds is 6. The normalized spacial score (nSPS) is 13.2. The largest absolute Gasteiger partial charge is 0.494 e. The summed E-state index contributed by atoms with van der Waals surface area (Å²) in [6, 6.07) is 7.80. The van der Waals surface area contributed by atoms with Crippen LogP contribution in [0.2, 0.25) is 0 Å². The van der Waals surface area contributed by atoms with E-state index in [1.54, 1.807) is 13.8 Å². The summed E-state index contributed by atoms with van der Waals surface area (Å²) in [7, 11) is 0. The fourth-order valence-electron chi connectivity index (χ4n) is 1.29. The SMILES string of the molecule is CCCOc1ccc(NC(C)C(C)(C)O)cc1. The Bertz CT molecular complexity index is 327. The average molecular weight is 237 g/mol. The molecule has 1 unspecified atom stereocenters. The van der Waals surface area contributed by atoms with Crippen LogP contribution in [0.4, 0.5) is 5.69 Å². The molecule has 0 bridgehead atoms. The summed E-state index contributed by atoms with van der Waals surface area (Å²) in [6.07, 6.45) is 1.01. The van der Waals surface area contributed by atoms with E-state index in [0.717, 1.165) is 24.5 Å². The number of nitrogens with one attached hydrogen (secondary N) is 1. The molecule has 0 saturated carbocycles. The van der Waals surface area contributed by atoms with Crippen LogP contribution in [0.25, 0.3) is 0 Å². The maximum absolute atomic E-state index is 9.83. The summed E-state index contributed by atoms with van der Waals surface area (Å²) >= 11 is 0. The van der Waals surface area contributed by atoms with Crippen LogP contribution in [0.15, 0.2) is 24.3 Å². The molecule has 0 aliphatic heterocycles. The van der Waals surface area contributed by atoms with Gasteiger partial charge in [0.1, 0.15) is 5.75 Å². The van der Waals surface area contributed by atoms with E-state index in [2.05, 4.69) is 12.2 Å². The van der Waals surface area contributed by atoms with Gasteiger partial charge in [-0.05, 0) is 51.5 Å². The second kappa shape index (κ2) is 5.92. The zero-order valence-corrected chi connectivity index (χ0v) is 11.2. The van der Waals surface area contributed by atoms with Crippen molar-refractivity contribution in [2.24, 2.45) is 0 Å². The molecule has 0 amide bonds. The van der Waals surface area contributed by atoms with Crippen molar-refractivity contribution in [2.45, 2.75) is 45.8 Å². The molecule has 0 saturated heterocycles. The van der Waals surface area contributed by atoms with Gasteiger partial charge in [0.2, 0.25) is 0 Å². The van der Waals surface area contributed by atoms with Gasteiger partial charge in [0.15, 0.2) is 0 Å². The van der Waals surface area contributed by atoms with Crippen LogP contribution >= 0.6 is 0 Å². The molecule has 1 atom stereocenters. The van der Waals surface area contributed by atoms with Crippen LogP contribution in [0.3, 0.4) is 0 Å². The molecule has 3 heteroatoms. The number of hydrogen-bond donors (Lipinski definition) is 2. The smallest absolute Gasteiger partial charge is 0.119 e. The zero-order chi connectivity index (χ0) is 12.9. The van der Waals surface area contributed by atoms with Crippen LogP contribution in [-0.2, 0) is 0 Å². The lowest BCUT2D eigenvalue weighted by molar-refractivity contribution is 0.0649. The highest BCUT2D eigenvalue weighted by molar-refractivity contribution is 5.47. The lowest BCUT2D eigenvalue weighted by Gasteiger charge is -2.27. The van der Waals surface area contributed by atoms with Gasteiger partial charge in [-0.25, -0.2) is 0 Å². The Morgan fingerprint density at radius 1 is 1.29 bits per heavy atom. The highest BCUT2D eigenvalue weighted by Gasteiger charge is 2.21. The molecule has 2 N–H and O–H groups in total. The number of anilines is 1. The molecule has 0 radical (unpaired) electrons. The highest BCUT2D eigenvalue weighted by Crippen LogP contribution is 2.19. The van der Waals surface area contributed by atoms with Gasteiger partial charge in [-0.15, -0.1) is 0 Å². The van der Waals surface area contributed by atoms with Gasteiger partial charge >= 0.3 is 0 Å². The summed E-state index contributed by atoms with van der Waals surface area (Å²) < 4.78 is 5.51. The number of ether oxygens (including phenoxy) is 1. The van der Waals surface area contributed by atoms with Gasteiger partial charge in [0, 0.05) is 5.69 Å². The predicted molar refractivity (Wildman–Crippen MR) is 71.6 cm³/mol. The van der Waals surface area contributed by atoms with Crippen molar-refractivity contribution in [3.05, 3.63) is 24.3 Å². The molecule has 0 aliphatic rings. The van der Waals surface area contributed by atoms with Gasteiger partial charge in [0.05, 0.1) is 18.2 Å². The van der Waals surface area contributed by atoms with E-state index in [9.17, 15) is 5.11 Å². The van der Waals surface area contributed by atoms with Gasteiger partial charge < -0.3 is 15.2 Å². The lowest BCUT2D eigenvalue weighted by Crippen LogP contribution is -2.39. The summed E-state index contributed by atoms with van der Waals surface area (Å²) in [6.45, 7) is 8.38. The number of benzene rings is 1. The van der Waals surface area contributed by atoms with E-state index in [0.29, 0.717) is 0 Å². The van der Waals surface area contributed by atoms with Crippen molar-refractivity contribution in [3.63, 3.8) is 0 Å². The molecule has 0 fully saturated rings. The van der Waals surface area contributed by atoms with E-state index in [4.69, 9.17) is 4.74 Å². The van der Waals surface area contributed by atoms with E-state index in [1.807, 2.05) is 31.2 Å². The van der Waals surface area contributed by atoms with E-state index in [-0.39, 0.29) is 6.04 Å². The maximum Gasteiger partial charge on any atom is 0.119 e. The first-order valence-electron chi connectivity index (χ1n) is 6.15. The van der Waals surface area contributed by atoms with Crippen molar-refractivity contribution >= 4 is 5.69 Å². The van der Waals surface area contributed by atoms with Crippen LogP contribution in [0.1, 0.15) is 34.1 Å². The van der Waals surface area contributed by atoms with E-state index < -0.39 is 5.60 Å². The van der Waals surface area contributed by atoms with E-state index in [1.165, 1.54) is 0 Å². The third kappa shape index (κ3) is 4.65. The fourth-order valence-corrected chi connectivity index (χ4v) is 1.29. The molecule has 96 valence electrons. The van der Waals surface area contributed by atoms with E-state index >= 15 is 0 Å². The molecule has 1 aromatic rings. The fraction of sp³-hybridized carbons (Fsp3) is 0.571. The van der Waals surface area contributed by atoms with Crippen LogP contribution < -0.4 is 10.1 Å². The Kier molecular flexibility index (Phi) is 4.82. The second-order valence-corrected chi connectivity index (χ2v) is 4.89. The van der Waals surface area contributed by atoms with Crippen LogP contribution in [0, 0.1) is 0 Å². The number of aliphatic hydroxyl groups is 1. The summed E-state index contributed by atoms with van der Waals surface area (Å²) in [5.41, 5.74) is 0.251. The van der Waals surface area contributed by atoms with Gasteiger partial charge in [-0.2, -0.15) is 0 Å². The summed E-state index contributed by atoms with van der Waals surface area (Å²) in [5.74, 6) is 0.883. The molecule has 1 aromatic carbocycles.